The minimum atomic E-state index is -0.364. The number of nitrogens with two attached hydrogens (primary N) is 1. The fourth-order valence-corrected chi connectivity index (χ4v) is 1.58. The van der Waals surface area contributed by atoms with Crippen molar-refractivity contribution in [1.29, 1.82) is 0 Å². The molecule has 1 heterocycles. The number of nitrogens with zero attached hydrogens (tertiary/aromatic N) is 1. The molecule has 0 saturated carbocycles. The van der Waals surface area contributed by atoms with Crippen molar-refractivity contribution >= 4 is 18.3 Å². The molecule has 0 unspecified atom stereocenters. The largest absolute Gasteiger partial charge is 0.353 e. The smallest absolute Gasteiger partial charge is 0.250 e. The number of pyridine rings is 1. The zero-order valence-electron chi connectivity index (χ0n) is 11.4. The maximum Gasteiger partial charge on any atom is 0.250 e. The number of halogens is 1. The second-order valence-corrected chi connectivity index (χ2v) is 4.51. The molecule has 0 aliphatic heterocycles. The summed E-state index contributed by atoms with van der Waals surface area (Å²) in [5.74, 6) is -0.194. The van der Waals surface area contributed by atoms with Gasteiger partial charge in [0.25, 0.3) is 5.56 Å². The van der Waals surface area contributed by atoms with E-state index in [2.05, 4.69) is 5.32 Å². The summed E-state index contributed by atoms with van der Waals surface area (Å²) in [6.45, 7) is 4.46. The lowest BCUT2D eigenvalue weighted by atomic mass is 9.94. The molecule has 0 spiro atoms. The summed E-state index contributed by atoms with van der Waals surface area (Å²) in [5, 5.41) is 2.78. The fraction of sp³-hybridized carbons (Fsp3) is 0.538. The minimum absolute atomic E-state index is 0. The molecule has 19 heavy (non-hydrogen) atoms. The third kappa shape index (κ3) is 5.44. The molecule has 0 bridgehead atoms. The highest BCUT2D eigenvalue weighted by atomic mass is 35.5. The van der Waals surface area contributed by atoms with E-state index in [0.29, 0.717) is 6.54 Å². The molecule has 1 rings (SSSR count). The molecule has 1 amide bonds. The Morgan fingerprint density at radius 2 is 2.00 bits per heavy atom. The molecule has 1 aromatic rings. The second-order valence-electron chi connectivity index (χ2n) is 4.51. The van der Waals surface area contributed by atoms with Crippen LogP contribution in [0, 0.1) is 0 Å². The van der Waals surface area contributed by atoms with Gasteiger partial charge in [0.1, 0.15) is 6.54 Å². The number of carbonyl (C=O) groups excluding carboxylic acids is 1. The molecule has 0 radical (unpaired) electrons. The van der Waals surface area contributed by atoms with Gasteiger partial charge in [-0.25, -0.2) is 0 Å². The van der Waals surface area contributed by atoms with Crippen molar-refractivity contribution in [1.82, 2.24) is 9.88 Å². The molecule has 3 N–H and O–H groups in total. The van der Waals surface area contributed by atoms with E-state index in [1.54, 1.807) is 18.3 Å². The van der Waals surface area contributed by atoms with Crippen LogP contribution in [0.3, 0.4) is 0 Å². The maximum atomic E-state index is 11.7. The number of aromatic nitrogens is 1. The van der Waals surface area contributed by atoms with Crippen molar-refractivity contribution in [3.8, 4) is 0 Å². The van der Waals surface area contributed by atoms with Gasteiger partial charge in [-0.2, -0.15) is 0 Å². The second kappa shape index (κ2) is 7.96. The molecular formula is C13H22ClN3O2. The fourth-order valence-electron chi connectivity index (χ4n) is 1.58. The molecule has 0 aliphatic carbocycles. The van der Waals surface area contributed by atoms with Crippen LogP contribution in [0.25, 0.3) is 0 Å². The van der Waals surface area contributed by atoms with E-state index in [9.17, 15) is 9.59 Å². The standard InChI is InChI=1S/C13H21N3O2.ClH/c1-3-13(14,4-2)10-15-11(17)9-16-8-6-5-7-12(16)18;/h5-8H,3-4,9-10,14H2,1-2H3,(H,15,17);1H. The zero-order chi connectivity index (χ0) is 13.6. The molecular weight excluding hydrogens is 266 g/mol. The number of hydrogen-bond donors (Lipinski definition) is 2. The predicted octanol–water partition coefficient (Wildman–Crippen LogP) is 0.904. The third-order valence-electron chi connectivity index (χ3n) is 3.26. The summed E-state index contributed by atoms with van der Waals surface area (Å²) in [6, 6.07) is 4.80. The maximum absolute atomic E-state index is 11.7. The van der Waals surface area contributed by atoms with Crippen LogP contribution in [0.15, 0.2) is 29.2 Å². The highest BCUT2D eigenvalue weighted by Gasteiger charge is 2.20. The molecule has 1 aromatic heterocycles. The molecule has 6 heteroatoms. The van der Waals surface area contributed by atoms with Gasteiger partial charge in [-0.3, -0.25) is 9.59 Å². The van der Waals surface area contributed by atoms with Crippen LogP contribution in [0.4, 0.5) is 0 Å². The van der Waals surface area contributed by atoms with Crippen LogP contribution in [0.2, 0.25) is 0 Å². The molecule has 0 aromatic carbocycles. The lowest BCUT2D eigenvalue weighted by molar-refractivity contribution is -0.122. The SMILES string of the molecule is CCC(N)(CC)CNC(=O)Cn1ccccc1=O.Cl. The van der Waals surface area contributed by atoms with Gasteiger partial charge in [0, 0.05) is 24.3 Å². The summed E-state index contributed by atoms with van der Waals surface area (Å²) in [7, 11) is 0. The van der Waals surface area contributed by atoms with Gasteiger partial charge in [-0.05, 0) is 18.9 Å². The molecule has 0 saturated heterocycles. The number of hydrogen-bond acceptors (Lipinski definition) is 3. The van der Waals surface area contributed by atoms with Gasteiger partial charge >= 0.3 is 0 Å². The Morgan fingerprint density at radius 1 is 1.37 bits per heavy atom. The lowest BCUT2D eigenvalue weighted by Gasteiger charge is -2.26. The summed E-state index contributed by atoms with van der Waals surface area (Å²) >= 11 is 0. The van der Waals surface area contributed by atoms with Gasteiger partial charge in [0.05, 0.1) is 0 Å². The van der Waals surface area contributed by atoms with Crippen molar-refractivity contribution in [2.75, 3.05) is 6.54 Å². The van der Waals surface area contributed by atoms with Gasteiger partial charge < -0.3 is 15.6 Å². The summed E-state index contributed by atoms with van der Waals surface area (Å²) < 4.78 is 1.37. The normalized spacial score (nSPS) is 10.7. The predicted molar refractivity (Wildman–Crippen MR) is 78.5 cm³/mol. The van der Waals surface area contributed by atoms with Crippen LogP contribution < -0.4 is 16.6 Å². The van der Waals surface area contributed by atoms with E-state index in [4.69, 9.17) is 5.73 Å². The summed E-state index contributed by atoms with van der Waals surface area (Å²) in [6.07, 6.45) is 3.20. The third-order valence-corrected chi connectivity index (χ3v) is 3.26. The Kier molecular flexibility index (Phi) is 7.41. The Bertz CT molecular complexity index is 455. The highest BCUT2D eigenvalue weighted by molar-refractivity contribution is 5.85. The molecule has 0 atom stereocenters. The Hall–Kier alpha value is -1.33. The van der Waals surface area contributed by atoms with E-state index >= 15 is 0 Å². The van der Waals surface area contributed by atoms with E-state index in [1.165, 1.54) is 10.6 Å². The first kappa shape index (κ1) is 17.7. The van der Waals surface area contributed by atoms with Crippen LogP contribution >= 0.6 is 12.4 Å². The first-order chi connectivity index (χ1) is 8.50. The van der Waals surface area contributed by atoms with Crippen molar-refractivity contribution in [2.45, 2.75) is 38.8 Å². The van der Waals surface area contributed by atoms with Crippen LogP contribution in [0.1, 0.15) is 26.7 Å². The molecule has 0 aliphatic rings. The van der Waals surface area contributed by atoms with Crippen LogP contribution in [0.5, 0.6) is 0 Å². The van der Waals surface area contributed by atoms with Crippen molar-refractivity contribution in [3.05, 3.63) is 34.7 Å². The Morgan fingerprint density at radius 3 is 2.53 bits per heavy atom. The number of carbonyl (C=O) groups is 1. The topological polar surface area (TPSA) is 77.1 Å². The highest BCUT2D eigenvalue weighted by Crippen LogP contribution is 2.09. The van der Waals surface area contributed by atoms with E-state index in [0.717, 1.165) is 12.8 Å². The van der Waals surface area contributed by atoms with Gasteiger partial charge in [0.2, 0.25) is 5.91 Å². The van der Waals surface area contributed by atoms with Gasteiger partial charge in [0.15, 0.2) is 0 Å². The van der Waals surface area contributed by atoms with Crippen molar-refractivity contribution < 1.29 is 4.79 Å². The molecule has 0 fully saturated rings. The molecule has 108 valence electrons. The summed E-state index contributed by atoms with van der Waals surface area (Å²) in [4.78, 5) is 23.1. The molecule has 5 nitrogen and oxygen atoms in total. The van der Waals surface area contributed by atoms with E-state index < -0.39 is 0 Å². The zero-order valence-corrected chi connectivity index (χ0v) is 12.2. The van der Waals surface area contributed by atoms with Crippen LogP contribution in [-0.4, -0.2) is 22.6 Å². The Labute approximate surface area is 119 Å². The number of rotatable bonds is 6. The van der Waals surface area contributed by atoms with E-state index in [1.807, 2.05) is 13.8 Å². The van der Waals surface area contributed by atoms with Crippen molar-refractivity contribution in [3.63, 3.8) is 0 Å². The quantitative estimate of drug-likeness (QED) is 0.816. The van der Waals surface area contributed by atoms with E-state index in [-0.39, 0.29) is 36.0 Å². The first-order valence-corrected chi connectivity index (χ1v) is 6.22. The Balaban J connectivity index is 0.00000324. The van der Waals surface area contributed by atoms with Gasteiger partial charge in [-0.15, -0.1) is 12.4 Å². The monoisotopic (exact) mass is 287 g/mol. The van der Waals surface area contributed by atoms with Gasteiger partial charge in [-0.1, -0.05) is 19.9 Å². The lowest BCUT2D eigenvalue weighted by Crippen LogP contribution is -2.50. The van der Waals surface area contributed by atoms with Crippen LogP contribution in [-0.2, 0) is 11.3 Å². The number of amides is 1. The van der Waals surface area contributed by atoms with Crippen molar-refractivity contribution in [2.24, 2.45) is 5.73 Å². The first-order valence-electron chi connectivity index (χ1n) is 6.22. The summed E-state index contributed by atoms with van der Waals surface area (Å²) in [5.41, 5.74) is 5.54. The minimum Gasteiger partial charge on any atom is -0.353 e. The average Bonchev–Trinajstić information content (AvgIpc) is 2.39. The average molecular weight is 288 g/mol. The number of nitrogens with one attached hydrogen (secondary N) is 1.